The molecule has 2 aromatic rings. The highest BCUT2D eigenvalue weighted by Crippen LogP contribution is 2.27. The first kappa shape index (κ1) is 11.4. The first-order valence-electron chi connectivity index (χ1n) is 5.62. The molecule has 0 spiro atoms. The Morgan fingerprint density at radius 1 is 1.44 bits per heavy atom. The average Bonchev–Trinajstić information content (AvgIpc) is 2.74. The molecule has 2 aromatic heterocycles. The zero-order chi connectivity index (χ0) is 12.7. The minimum absolute atomic E-state index is 0.207. The van der Waals surface area contributed by atoms with E-state index in [1.165, 1.54) is 0 Å². The number of aromatic nitrogens is 2. The van der Waals surface area contributed by atoms with Crippen molar-refractivity contribution < 1.29 is 9.59 Å². The summed E-state index contributed by atoms with van der Waals surface area (Å²) in [5.41, 5.74) is 1.61. The highest BCUT2D eigenvalue weighted by molar-refractivity contribution is 9.10. The van der Waals surface area contributed by atoms with Crippen molar-refractivity contribution in [2.24, 2.45) is 0 Å². The minimum atomic E-state index is -0.338. The summed E-state index contributed by atoms with van der Waals surface area (Å²) in [5, 5.41) is 6.74. The van der Waals surface area contributed by atoms with Crippen molar-refractivity contribution in [2.45, 2.75) is 18.8 Å². The number of fused-ring (bicyclic) bond motifs is 1. The Hall–Kier alpha value is -1.69. The van der Waals surface area contributed by atoms with Gasteiger partial charge in [-0.3, -0.25) is 14.9 Å². The molecule has 2 amide bonds. The zero-order valence-corrected chi connectivity index (χ0v) is 11.0. The molecule has 1 atom stereocenters. The number of carbonyl (C=O) groups excluding carboxylic acids is 2. The van der Waals surface area contributed by atoms with Crippen molar-refractivity contribution in [1.29, 1.82) is 0 Å². The van der Waals surface area contributed by atoms with Crippen molar-refractivity contribution >= 4 is 33.3 Å². The maximum atomic E-state index is 11.8. The lowest BCUT2D eigenvalue weighted by Crippen LogP contribution is -2.39. The van der Waals surface area contributed by atoms with Gasteiger partial charge in [-0.15, -0.1) is 0 Å². The van der Waals surface area contributed by atoms with E-state index in [4.69, 9.17) is 0 Å². The summed E-state index contributed by atoms with van der Waals surface area (Å²) in [6, 6.07) is 5.67. The maximum absolute atomic E-state index is 11.8. The molecule has 0 aromatic carbocycles. The third kappa shape index (κ3) is 1.82. The number of imide groups is 1. The predicted octanol–water partition coefficient (Wildman–Crippen LogP) is 1.62. The molecule has 18 heavy (non-hydrogen) atoms. The highest BCUT2D eigenvalue weighted by Gasteiger charge is 2.30. The van der Waals surface area contributed by atoms with Crippen LogP contribution in [0.5, 0.6) is 0 Å². The van der Waals surface area contributed by atoms with E-state index < -0.39 is 0 Å². The topological polar surface area (TPSA) is 63.5 Å². The monoisotopic (exact) mass is 307 g/mol. The number of amides is 2. The third-order valence-corrected chi connectivity index (χ3v) is 3.74. The minimum Gasteiger partial charge on any atom is -0.296 e. The lowest BCUT2D eigenvalue weighted by Gasteiger charge is -2.18. The van der Waals surface area contributed by atoms with E-state index in [1.54, 1.807) is 4.52 Å². The van der Waals surface area contributed by atoms with Gasteiger partial charge >= 0.3 is 0 Å². The Kier molecular flexibility index (Phi) is 2.66. The fourth-order valence-electron chi connectivity index (χ4n) is 2.15. The van der Waals surface area contributed by atoms with E-state index in [0.29, 0.717) is 18.5 Å². The van der Waals surface area contributed by atoms with Crippen LogP contribution in [-0.4, -0.2) is 21.4 Å². The highest BCUT2D eigenvalue weighted by atomic mass is 79.9. The van der Waals surface area contributed by atoms with Crippen molar-refractivity contribution in [3.8, 4) is 0 Å². The molecular weight excluding hydrogens is 298 g/mol. The summed E-state index contributed by atoms with van der Waals surface area (Å²) in [6.45, 7) is 0. The van der Waals surface area contributed by atoms with Crippen molar-refractivity contribution in [3.63, 3.8) is 0 Å². The molecular formula is C12H10BrN3O2. The van der Waals surface area contributed by atoms with Gasteiger partial charge in [0.05, 0.1) is 17.1 Å². The number of pyridine rings is 1. The molecule has 1 N–H and O–H groups in total. The zero-order valence-electron chi connectivity index (χ0n) is 9.39. The molecule has 0 saturated carbocycles. The number of nitrogens with zero attached hydrogens (tertiary/aromatic N) is 2. The Morgan fingerprint density at radius 3 is 3.00 bits per heavy atom. The summed E-state index contributed by atoms with van der Waals surface area (Å²) < 4.78 is 2.65. The molecule has 0 bridgehead atoms. The van der Waals surface area contributed by atoms with Crippen molar-refractivity contribution in [1.82, 2.24) is 14.9 Å². The number of hydrogen-bond acceptors (Lipinski definition) is 3. The fraction of sp³-hybridized carbons (Fsp3) is 0.250. The number of rotatable bonds is 1. The molecule has 1 unspecified atom stereocenters. The van der Waals surface area contributed by atoms with E-state index in [-0.39, 0.29) is 17.7 Å². The normalized spacial score (nSPS) is 20.2. The molecule has 1 fully saturated rings. The largest absolute Gasteiger partial charge is 0.296 e. The summed E-state index contributed by atoms with van der Waals surface area (Å²) >= 11 is 3.44. The Morgan fingerprint density at radius 2 is 2.28 bits per heavy atom. The van der Waals surface area contributed by atoms with Gasteiger partial charge in [-0.2, -0.15) is 5.10 Å². The van der Waals surface area contributed by atoms with E-state index in [1.807, 2.05) is 24.4 Å². The molecule has 1 aliphatic heterocycles. The van der Waals surface area contributed by atoms with E-state index in [2.05, 4.69) is 26.3 Å². The van der Waals surface area contributed by atoms with Gasteiger partial charge in [0, 0.05) is 17.1 Å². The van der Waals surface area contributed by atoms with Crippen LogP contribution in [0.15, 0.2) is 28.9 Å². The summed E-state index contributed by atoms with van der Waals surface area (Å²) in [6.07, 6.45) is 2.72. The van der Waals surface area contributed by atoms with Gasteiger partial charge in [0.25, 0.3) is 0 Å². The smallest absolute Gasteiger partial charge is 0.235 e. The molecule has 1 saturated heterocycles. The quantitative estimate of drug-likeness (QED) is 0.814. The lowest BCUT2D eigenvalue weighted by atomic mass is 9.95. The second-order valence-electron chi connectivity index (χ2n) is 4.26. The van der Waals surface area contributed by atoms with Crippen LogP contribution in [0.2, 0.25) is 0 Å². The van der Waals surface area contributed by atoms with Crippen LogP contribution in [-0.2, 0) is 9.59 Å². The van der Waals surface area contributed by atoms with Crippen molar-refractivity contribution in [3.05, 3.63) is 34.6 Å². The van der Waals surface area contributed by atoms with Crippen LogP contribution in [0.3, 0.4) is 0 Å². The molecule has 0 aliphatic carbocycles. The molecule has 1 aliphatic rings. The fourth-order valence-corrected chi connectivity index (χ4v) is 2.59. The third-order valence-electron chi connectivity index (χ3n) is 3.07. The summed E-state index contributed by atoms with van der Waals surface area (Å²) in [7, 11) is 0. The summed E-state index contributed by atoms with van der Waals surface area (Å²) in [4.78, 5) is 22.9. The van der Waals surface area contributed by atoms with Gasteiger partial charge in [0.1, 0.15) is 0 Å². The Labute approximate surface area is 111 Å². The van der Waals surface area contributed by atoms with E-state index in [0.717, 1.165) is 9.99 Å². The SMILES string of the molecule is O=C1CCC(c2cc3c(Br)cccn3n2)C(=O)N1. The van der Waals surface area contributed by atoms with Crippen LogP contribution in [0.25, 0.3) is 5.52 Å². The molecule has 3 rings (SSSR count). The second-order valence-corrected chi connectivity index (χ2v) is 5.11. The number of carbonyl (C=O) groups is 2. The summed E-state index contributed by atoms with van der Waals surface area (Å²) in [5.74, 6) is -0.804. The molecule has 92 valence electrons. The number of hydrogen-bond donors (Lipinski definition) is 1. The van der Waals surface area contributed by atoms with Crippen LogP contribution >= 0.6 is 15.9 Å². The van der Waals surface area contributed by atoms with Gasteiger partial charge in [0.2, 0.25) is 11.8 Å². The first-order valence-corrected chi connectivity index (χ1v) is 6.42. The van der Waals surface area contributed by atoms with Crippen LogP contribution in [0.4, 0.5) is 0 Å². The molecule has 5 nitrogen and oxygen atoms in total. The van der Waals surface area contributed by atoms with Gasteiger partial charge in [0.15, 0.2) is 0 Å². The van der Waals surface area contributed by atoms with E-state index >= 15 is 0 Å². The van der Waals surface area contributed by atoms with Gasteiger partial charge in [-0.25, -0.2) is 4.52 Å². The standard InChI is InChI=1S/C12H10BrN3O2/c13-8-2-1-5-16-10(8)6-9(15-16)7-3-4-11(17)14-12(7)18/h1-2,5-7H,3-4H2,(H,14,17,18). The van der Waals surface area contributed by atoms with Crippen LogP contribution in [0.1, 0.15) is 24.5 Å². The molecule has 3 heterocycles. The van der Waals surface area contributed by atoms with Crippen LogP contribution < -0.4 is 5.32 Å². The molecule has 6 heteroatoms. The van der Waals surface area contributed by atoms with Crippen molar-refractivity contribution in [2.75, 3.05) is 0 Å². The van der Waals surface area contributed by atoms with E-state index in [9.17, 15) is 9.59 Å². The Balaban J connectivity index is 2.02. The first-order chi connectivity index (χ1) is 8.65. The van der Waals surface area contributed by atoms with Crippen LogP contribution in [0, 0.1) is 0 Å². The Bertz CT molecular complexity index is 650. The predicted molar refractivity (Wildman–Crippen MR) is 68.0 cm³/mol. The maximum Gasteiger partial charge on any atom is 0.235 e. The van der Waals surface area contributed by atoms with Gasteiger partial charge in [-0.1, -0.05) is 0 Å². The van der Waals surface area contributed by atoms with Gasteiger partial charge in [-0.05, 0) is 40.5 Å². The number of halogens is 1. The average molecular weight is 308 g/mol. The van der Waals surface area contributed by atoms with Gasteiger partial charge < -0.3 is 0 Å². The molecule has 0 radical (unpaired) electrons. The number of piperidine rings is 1. The second kappa shape index (κ2) is 4.20. The number of nitrogens with one attached hydrogen (secondary N) is 1. The lowest BCUT2D eigenvalue weighted by molar-refractivity contribution is -0.134.